The van der Waals surface area contributed by atoms with Crippen molar-refractivity contribution in [2.24, 2.45) is 0 Å². The van der Waals surface area contributed by atoms with Gasteiger partial charge in [-0.25, -0.2) is 0 Å². The van der Waals surface area contributed by atoms with Crippen molar-refractivity contribution in [1.82, 2.24) is 0 Å². The Morgan fingerprint density at radius 2 is 1.75 bits per heavy atom. The highest BCUT2D eigenvalue weighted by molar-refractivity contribution is 4.80. The summed E-state index contributed by atoms with van der Waals surface area (Å²) >= 11 is 0. The molecule has 1 heterocycles. The number of ether oxygens (including phenoxy) is 3. The maximum Gasteiger partial charge on any atom is 0.147 e. The molecule has 5 nitrogen and oxygen atoms in total. The Hall–Kier alpha value is -0.200. The van der Waals surface area contributed by atoms with E-state index in [4.69, 9.17) is 24.4 Å². The lowest BCUT2D eigenvalue weighted by molar-refractivity contribution is -0.250. The van der Waals surface area contributed by atoms with Gasteiger partial charge in [-0.05, 0) is 0 Å². The van der Waals surface area contributed by atoms with E-state index in [1.165, 1.54) is 7.11 Å². The van der Waals surface area contributed by atoms with Crippen LogP contribution in [0.5, 0.6) is 0 Å². The molecule has 0 aromatic carbocycles. The number of aliphatic hydroxyl groups is 2. The zero-order valence-electron chi connectivity index (χ0n) is 6.97. The smallest absolute Gasteiger partial charge is 0.147 e. The van der Waals surface area contributed by atoms with Gasteiger partial charge in [-0.2, -0.15) is 0 Å². The van der Waals surface area contributed by atoms with Gasteiger partial charge in [0.25, 0.3) is 0 Å². The van der Waals surface area contributed by atoms with E-state index in [9.17, 15) is 0 Å². The maximum absolute atomic E-state index is 8.86. The third-order valence-electron chi connectivity index (χ3n) is 1.93. The Bertz CT molecular complexity index is 117. The highest BCUT2D eigenvalue weighted by Crippen LogP contribution is 2.16. The molecule has 12 heavy (non-hydrogen) atoms. The Kier molecular flexibility index (Phi) is 3.90. The van der Waals surface area contributed by atoms with Gasteiger partial charge in [-0.1, -0.05) is 0 Å². The van der Waals surface area contributed by atoms with E-state index in [2.05, 4.69) is 0 Å². The maximum atomic E-state index is 8.86. The zero-order chi connectivity index (χ0) is 8.97. The van der Waals surface area contributed by atoms with Crippen LogP contribution in [0.2, 0.25) is 0 Å². The first-order valence-electron chi connectivity index (χ1n) is 3.81. The molecule has 2 unspecified atom stereocenters. The van der Waals surface area contributed by atoms with Crippen LogP contribution in [0.3, 0.4) is 0 Å². The van der Waals surface area contributed by atoms with Crippen molar-refractivity contribution in [2.45, 2.75) is 18.3 Å². The van der Waals surface area contributed by atoms with Crippen LogP contribution in [0, 0.1) is 0 Å². The van der Waals surface area contributed by atoms with Gasteiger partial charge in [0.15, 0.2) is 0 Å². The third kappa shape index (κ3) is 1.94. The molecular weight excluding hydrogens is 164 g/mol. The summed E-state index contributed by atoms with van der Waals surface area (Å²) in [6, 6.07) is 0. The summed E-state index contributed by atoms with van der Waals surface area (Å²) in [4.78, 5) is 0. The summed E-state index contributed by atoms with van der Waals surface area (Å²) in [5.41, 5.74) is 0. The molecule has 0 bridgehead atoms. The topological polar surface area (TPSA) is 68.2 Å². The van der Waals surface area contributed by atoms with Gasteiger partial charge in [0, 0.05) is 7.11 Å². The number of methoxy groups -OCH3 is 1. The fourth-order valence-electron chi connectivity index (χ4n) is 1.26. The van der Waals surface area contributed by atoms with Crippen molar-refractivity contribution in [1.29, 1.82) is 0 Å². The normalized spacial score (nSPS) is 36.8. The Balaban J connectivity index is 2.52. The third-order valence-corrected chi connectivity index (χ3v) is 1.93. The first kappa shape index (κ1) is 9.88. The van der Waals surface area contributed by atoms with Crippen LogP contribution >= 0.6 is 0 Å². The number of hydrogen-bond acceptors (Lipinski definition) is 5. The molecule has 72 valence electrons. The predicted octanol–water partition coefficient (Wildman–Crippen LogP) is -1.27. The van der Waals surface area contributed by atoms with Gasteiger partial charge in [0.1, 0.15) is 25.1 Å². The van der Waals surface area contributed by atoms with Crippen molar-refractivity contribution in [3.05, 3.63) is 0 Å². The van der Waals surface area contributed by atoms with E-state index >= 15 is 0 Å². The summed E-state index contributed by atoms with van der Waals surface area (Å²) in [7, 11) is 1.49. The van der Waals surface area contributed by atoms with E-state index < -0.39 is 18.3 Å². The molecule has 5 heteroatoms. The van der Waals surface area contributed by atoms with Crippen LogP contribution in [0.4, 0.5) is 0 Å². The molecule has 0 spiro atoms. The van der Waals surface area contributed by atoms with Gasteiger partial charge in [0.2, 0.25) is 0 Å². The fourth-order valence-corrected chi connectivity index (χ4v) is 1.26. The molecule has 1 saturated heterocycles. The molecule has 0 aliphatic carbocycles. The first-order chi connectivity index (χ1) is 5.83. The molecule has 0 amide bonds. The summed E-state index contributed by atoms with van der Waals surface area (Å²) in [5.74, 6) is 0. The van der Waals surface area contributed by atoms with Crippen molar-refractivity contribution in [2.75, 3.05) is 27.1 Å². The number of aliphatic hydroxyl groups excluding tert-OH is 2. The number of rotatable bonds is 3. The van der Waals surface area contributed by atoms with Crippen LogP contribution in [-0.2, 0) is 14.2 Å². The molecule has 1 fully saturated rings. The Morgan fingerprint density at radius 3 is 2.08 bits per heavy atom. The van der Waals surface area contributed by atoms with Crippen molar-refractivity contribution < 1.29 is 24.4 Å². The quantitative estimate of drug-likeness (QED) is 0.564. The molecule has 0 radical (unpaired) electrons. The molecule has 2 N–H and O–H groups in total. The van der Waals surface area contributed by atoms with E-state index in [-0.39, 0.29) is 20.0 Å². The van der Waals surface area contributed by atoms with Crippen LogP contribution in [0.1, 0.15) is 0 Å². The molecule has 0 saturated carbocycles. The first-order valence-corrected chi connectivity index (χ1v) is 3.81. The summed E-state index contributed by atoms with van der Waals surface area (Å²) < 4.78 is 15.1. The van der Waals surface area contributed by atoms with Gasteiger partial charge in [-0.3, -0.25) is 0 Å². The predicted molar refractivity (Wildman–Crippen MR) is 39.6 cm³/mol. The van der Waals surface area contributed by atoms with Crippen LogP contribution in [-0.4, -0.2) is 55.6 Å². The van der Waals surface area contributed by atoms with Gasteiger partial charge < -0.3 is 24.4 Å². The van der Waals surface area contributed by atoms with Gasteiger partial charge in [-0.15, -0.1) is 0 Å². The fraction of sp³-hybridized carbons (Fsp3) is 1.00. The molecule has 0 aromatic rings. The van der Waals surface area contributed by atoms with Gasteiger partial charge in [0.05, 0.1) is 13.2 Å². The van der Waals surface area contributed by atoms with E-state index in [0.29, 0.717) is 0 Å². The molecule has 1 rings (SSSR count). The van der Waals surface area contributed by atoms with Crippen LogP contribution < -0.4 is 0 Å². The van der Waals surface area contributed by atoms with E-state index in [1.54, 1.807) is 0 Å². The van der Waals surface area contributed by atoms with Gasteiger partial charge >= 0.3 is 0 Å². The average Bonchev–Trinajstić information content (AvgIpc) is 2.16. The lowest BCUT2D eigenvalue weighted by Gasteiger charge is -2.35. The van der Waals surface area contributed by atoms with Crippen LogP contribution in [0.25, 0.3) is 0 Å². The Labute approximate surface area is 70.9 Å². The van der Waals surface area contributed by atoms with Crippen molar-refractivity contribution in [3.63, 3.8) is 0 Å². The summed E-state index contributed by atoms with van der Waals surface area (Å²) in [5, 5.41) is 17.7. The minimum Gasteiger partial charge on any atom is -0.394 e. The minimum absolute atomic E-state index is 0.0936. The monoisotopic (exact) mass is 178 g/mol. The largest absolute Gasteiger partial charge is 0.394 e. The molecule has 2 atom stereocenters. The molecular formula is C7H14O5. The lowest BCUT2D eigenvalue weighted by Crippen LogP contribution is -2.50. The summed E-state index contributed by atoms with van der Waals surface area (Å²) in [6.45, 7) is -0.160. The second-order valence-corrected chi connectivity index (χ2v) is 2.59. The van der Waals surface area contributed by atoms with Crippen molar-refractivity contribution in [3.8, 4) is 0 Å². The Morgan fingerprint density at radius 1 is 1.25 bits per heavy atom. The van der Waals surface area contributed by atoms with Crippen LogP contribution in [0.15, 0.2) is 0 Å². The highest BCUT2D eigenvalue weighted by Gasteiger charge is 2.34. The van der Waals surface area contributed by atoms with E-state index in [0.717, 1.165) is 0 Å². The van der Waals surface area contributed by atoms with Crippen molar-refractivity contribution >= 4 is 0 Å². The van der Waals surface area contributed by atoms with E-state index in [1.807, 2.05) is 0 Å². The zero-order valence-corrected chi connectivity index (χ0v) is 6.97. The molecule has 0 aromatic heterocycles. The highest BCUT2D eigenvalue weighted by atomic mass is 16.7. The SMILES string of the molecule is COC1C(CO)OCOC1CO. The second-order valence-electron chi connectivity index (χ2n) is 2.59. The second kappa shape index (κ2) is 4.74. The average molecular weight is 178 g/mol. The summed E-state index contributed by atoms with van der Waals surface area (Å²) in [6.07, 6.45) is -1.20. The minimum atomic E-state index is -0.402. The molecule has 1 aliphatic heterocycles. The standard InChI is InChI=1S/C7H14O5/c1-10-7-5(2-8)11-4-12-6(7)3-9/h5-9H,2-4H2,1H3. The number of hydrogen-bond donors (Lipinski definition) is 2. The molecule has 1 aliphatic rings. The lowest BCUT2D eigenvalue weighted by atomic mass is 10.1.